The standard InChI is InChI=1S/C14H17ClF3N3O4S/c1-13(6-19-2,8-26(3,23)24)21-12(22)10-4-11(9(15)5-20-10)25-7-14(16,17)18/h4-6H,7-8H2,1-3H3,(H,21,22)/b19-6-. The first-order chi connectivity index (χ1) is 11.7. The zero-order valence-corrected chi connectivity index (χ0v) is 15.7. The van der Waals surface area contributed by atoms with Crippen molar-refractivity contribution in [3.05, 3.63) is 23.0 Å². The molecule has 0 saturated carbocycles. The van der Waals surface area contributed by atoms with Crippen LogP contribution in [0.1, 0.15) is 17.4 Å². The molecular formula is C14H17ClF3N3O4S. The summed E-state index contributed by atoms with van der Waals surface area (Å²) in [6.07, 6.45) is -1.39. The van der Waals surface area contributed by atoms with E-state index in [0.717, 1.165) is 18.5 Å². The van der Waals surface area contributed by atoms with Crippen molar-refractivity contribution in [2.45, 2.75) is 18.6 Å². The van der Waals surface area contributed by atoms with Crippen LogP contribution in [0.25, 0.3) is 0 Å². The van der Waals surface area contributed by atoms with Crippen molar-refractivity contribution in [2.75, 3.05) is 25.7 Å². The van der Waals surface area contributed by atoms with Crippen LogP contribution in [-0.4, -0.2) is 62.9 Å². The Morgan fingerprint density at radius 2 is 2.08 bits per heavy atom. The highest BCUT2D eigenvalue weighted by Gasteiger charge is 2.31. The largest absolute Gasteiger partial charge is 0.482 e. The summed E-state index contributed by atoms with van der Waals surface area (Å²) < 4.78 is 64.4. The van der Waals surface area contributed by atoms with Gasteiger partial charge in [0.2, 0.25) is 0 Å². The Bertz CT molecular complexity index is 799. The summed E-state index contributed by atoms with van der Waals surface area (Å²) in [6, 6.07) is 0.938. The molecule has 1 N–H and O–H groups in total. The fraction of sp³-hybridized carbons (Fsp3) is 0.500. The van der Waals surface area contributed by atoms with E-state index in [-0.39, 0.29) is 16.5 Å². The summed E-state index contributed by atoms with van der Waals surface area (Å²) in [7, 11) is -2.07. The van der Waals surface area contributed by atoms with Gasteiger partial charge >= 0.3 is 6.18 Å². The van der Waals surface area contributed by atoms with E-state index in [1.54, 1.807) is 0 Å². The highest BCUT2D eigenvalue weighted by atomic mass is 35.5. The van der Waals surface area contributed by atoms with Crippen molar-refractivity contribution in [3.8, 4) is 5.75 Å². The van der Waals surface area contributed by atoms with Crippen LogP contribution in [-0.2, 0) is 9.84 Å². The molecule has 0 bridgehead atoms. The number of carbonyl (C=O) groups is 1. The molecular weight excluding hydrogens is 399 g/mol. The van der Waals surface area contributed by atoms with Crippen molar-refractivity contribution in [2.24, 2.45) is 4.99 Å². The van der Waals surface area contributed by atoms with Gasteiger partial charge in [-0.3, -0.25) is 9.79 Å². The summed E-state index contributed by atoms with van der Waals surface area (Å²) in [4.78, 5) is 19.8. The molecule has 1 unspecified atom stereocenters. The number of hydrogen-bond acceptors (Lipinski definition) is 6. The van der Waals surface area contributed by atoms with E-state index in [9.17, 15) is 26.4 Å². The summed E-state index contributed by atoms with van der Waals surface area (Å²) >= 11 is 5.71. The van der Waals surface area contributed by atoms with Gasteiger partial charge in [0.1, 0.15) is 26.3 Å². The number of ether oxygens (including phenoxy) is 1. The lowest BCUT2D eigenvalue weighted by Gasteiger charge is -2.25. The molecule has 1 heterocycles. The van der Waals surface area contributed by atoms with Gasteiger partial charge in [0.25, 0.3) is 5.91 Å². The minimum absolute atomic E-state index is 0.209. The molecule has 0 aliphatic heterocycles. The quantitative estimate of drug-likeness (QED) is 0.686. The van der Waals surface area contributed by atoms with Gasteiger partial charge in [-0.1, -0.05) is 11.6 Å². The SMILES string of the molecule is C/N=C\C(C)(CS(C)(=O)=O)NC(=O)c1cc(OCC(F)(F)F)c(Cl)cn1. The Hall–Kier alpha value is -1.88. The van der Waals surface area contributed by atoms with Gasteiger partial charge in [0.15, 0.2) is 6.61 Å². The first-order valence-electron chi connectivity index (χ1n) is 7.03. The molecule has 0 fully saturated rings. The predicted octanol–water partition coefficient (Wildman–Crippen LogP) is 1.91. The van der Waals surface area contributed by atoms with Gasteiger partial charge in [0, 0.05) is 25.6 Å². The molecule has 146 valence electrons. The predicted molar refractivity (Wildman–Crippen MR) is 90.8 cm³/mol. The number of aliphatic imine (C=N–C) groups is 1. The molecule has 1 rings (SSSR count). The first-order valence-corrected chi connectivity index (χ1v) is 9.47. The van der Waals surface area contributed by atoms with E-state index in [1.165, 1.54) is 20.2 Å². The molecule has 1 atom stereocenters. The summed E-state index contributed by atoms with van der Waals surface area (Å²) in [5, 5.41) is 2.23. The number of nitrogens with zero attached hydrogens (tertiary/aromatic N) is 2. The van der Waals surface area contributed by atoms with Crippen LogP contribution in [0.4, 0.5) is 13.2 Å². The second kappa shape index (κ2) is 8.21. The number of nitrogens with one attached hydrogen (secondary N) is 1. The van der Waals surface area contributed by atoms with Gasteiger partial charge in [-0.15, -0.1) is 0 Å². The third-order valence-corrected chi connectivity index (χ3v) is 4.23. The number of carbonyl (C=O) groups excluding carboxylic acids is 1. The summed E-state index contributed by atoms with van der Waals surface area (Å²) in [5.41, 5.74) is -1.64. The van der Waals surface area contributed by atoms with Crippen LogP contribution >= 0.6 is 11.6 Å². The van der Waals surface area contributed by atoms with Crippen molar-refractivity contribution < 1.29 is 31.1 Å². The Morgan fingerprint density at radius 3 is 2.58 bits per heavy atom. The monoisotopic (exact) mass is 415 g/mol. The molecule has 12 heteroatoms. The number of amides is 1. The van der Waals surface area contributed by atoms with Gasteiger partial charge in [-0.2, -0.15) is 13.2 Å². The average Bonchev–Trinajstić information content (AvgIpc) is 2.43. The number of pyridine rings is 1. The molecule has 0 aromatic carbocycles. The average molecular weight is 416 g/mol. The van der Waals surface area contributed by atoms with Gasteiger partial charge in [0.05, 0.1) is 17.5 Å². The second-order valence-electron chi connectivity index (χ2n) is 5.73. The fourth-order valence-corrected chi connectivity index (χ4v) is 3.47. The lowest BCUT2D eigenvalue weighted by atomic mass is 10.1. The lowest BCUT2D eigenvalue weighted by molar-refractivity contribution is -0.153. The highest BCUT2D eigenvalue weighted by molar-refractivity contribution is 7.90. The van der Waals surface area contributed by atoms with Crippen molar-refractivity contribution in [1.29, 1.82) is 0 Å². The second-order valence-corrected chi connectivity index (χ2v) is 8.28. The highest BCUT2D eigenvalue weighted by Crippen LogP contribution is 2.26. The Kier molecular flexibility index (Phi) is 7.00. The Labute approximate surface area is 153 Å². The maximum atomic E-state index is 12.3. The number of alkyl halides is 3. The van der Waals surface area contributed by atoms with E-state index in [2.05, 4.69) is 20.0 Å². The summed E-state index contributed by atoms with van der Waals surface area (Å²) in [6.45, 7) is -0.165. The zero-order chi connectivity index (χ0) is 20.2. The van der Waals surface area contributed by atoms with Crippen LogP contribution in [0.5, 0.6) is 5.75 Å². The maximum Gasteiger partial charge on any atom is 0.422 e. The fourth-order valence-electron chi connectivity index (χ4n) is 2.07. The maximum absolute atomic E-state index is 12.3. The minimum atomic E-state index is -4.58. The molecule has 0 aliphatic rings. The summed E-state index contributed by atoms with van der Waals surface area (Å²) in [5.74, 6) is -1.64. The Morgan fingerprint density at radius 1 is 1.46 bits per heavy atom. The van der Waals surface area contributed by atoms with E-state index >= 15 is 0 Å². The number of aromatic nitrogens is 1. The molecule has 0 saturated heterocycles. The molecule has 7 nitrogen and oxygen atoms in total. The van der Waals surface area contributed by atoms with E-state index in [0.29, 0.717) is 0 Å². The van der Waals surface area contributed by atoms with E-state index in [4.69, 9.17) is 11.6 Å². The molecule has 0 radical (unpaired) electrons. The molecule has 0 spiro atoms. The van der Waals surface area contributed by atoms with Crippen molar-refractivity contribution in [3.63, 3.8) is 0 Å². The molecule has 26 heavy (non-hydrogen) atoms. The Balaban J connectivity index is 3.05. The van der Waals surface area contributed by atoms with Gasteiger partial charge in [-0.05, 0) is 6.92 Å². The van der Waals surface area contributed by atoms with Crippen molar-refractivity contribution in [1.82, 2.24) is 10.3 Å². The van der Waals surface area contributed by atoms with E-state index < -0.39 is 39.8 Å². The molecule has 1 aromatic heterocycles. The zero-order valence-electron chi connectivity index (χ0n) is 14.1. The van der Waals surface area contributed by atoms with Crippen molar-refractivity contribution >= 4 is 33.6 Å². The minimum Gasteiger partial charge on any atom is -0.482 e. The van der Waals surface area contributed by atoms with Gasteiger partial charge in [-0.25, -0.2) is 13.4 Å². The first kappa shape index (κ1) is 22.2. The molecule has 1 amide bonds. The number of hydrogen-bond donors (Lipinski definition) is 1. The van der Waals surface area contributed by atoms with Crippen LogP contribution < -0.4 is 10.1 Å². The number of rotatable bonds is 7. The van der Waals surface area contributed by atoms with Crippen LogP contribution in [0.2, 0.25) is 5.02 Å². The smallest absolute Gasteiger partial charge is 0.422 e. The number of sulfone groups is 1. The van der Waals surface area contributed by atoms with Crippen LogP contribution in [0.15, 0.2) is 17.3 Å². The van der Waals surface area contributed by atoms with E-state index in [1.807, 2.05) is 0 Å². The van der Waals surface area contributed by atoms with Gasteiger partial charge < -0.3 is 10.1 Å². The molecule has 1 aromatic rings. The number of halogens is 4. The lowest BCUT2D eigenvalue weighted by Crippen LogP contribution is -2.52. The third kappa shape index (κ3) is 7.56. The van der Waals surface area contributed by atoms with Crippen LogP contribution in [0.3, 0.4) is 0 Å². The third-order valence-electron chi connectivity index (χ3n) is 2.82. The van der Waals surface area contributed by atoms with Crippen LogP contribution in [0, 0.1) is 0 Å². The normalized spacial score (nSPS) is 14.9. The molecule has 0 aliphatic carbocycles. The topological polar surface area (TPSA) is 97.7 Å².